The Kier molecular flexibility index (Phi) is 4.47. The lowest BCUT2D eigenvalue weighted by Crippen LogP contribution is -2.42. The normalized spacial score (nSPS) is 21.1. The monoisotopic (exact) mass is 292 g/mol. The third-order valence-electron chi connectivity index (χ3n) is 3.72. The van der Waals surface area contributed by atoms with E-state index in [0.29, 0.717) is 6.54 Å². The van der Waals surface area contributed by atoms with Crippen LogP contribution in [0.5, 0.6) is 5.75 Å². The molecule has 2 heterocycles. The van der Waals surface area contributed by atoms with Gasteiger partial charge in [-0.15, -0.1) is 11.8 Å². The van der Waals surface area contributed by atoms with Crippen LogP contribution in [0.2, 0.25) is 0 Å². The van der Waals surface area contributed by atoms with E-state index in [2.05, 4.69) is 28.8 Å². The number of rotatable bonds is 4. The molecule has 1 saturated heterocycles. The molecular formula is C15H20N2O2S. The summed E-state index contributed by atoms with van der Waals surface area (Å²) in [4.78, 5) is 11.9. The molecule has 0 aliphatic carbocycles. The topological polar surface area (TPSA) is 50.4 Å². The van der Waals surface area contributed by atoms with Gasteiger partial charge in [0, 0.05) is 18.2 Å². The van der Waals surface area contributed by atoms with Gasteiger partial charge in [0.15, 0.2) is 0 Å². The largest absolute Gasteiger partial charge is 0.493 e. The summed E-state index contributed by atoms with van der Waals surface area (Å²) in [5.41, 5.74) is 2.57. The molecule has 1 amide bonds. The van der Waals surface area contributed by atoms with Crippen LogP contribution in [-0.4, -0.2) is 36.7 Å². The molecule has 0 radical (unpaired) electrons. The summed E-state index contributed by atoms with van der Waals surface area (Å²) in [7, 11) is 0. The van der Waals surface area contributed by atoms with Crippen LogP contribution in [0.4, 0.5) is 0 Å². The minimum atomic E-state index is -0.0167. The Labute approximate surface area is 123 Å². The number of ether oxygens (including phenoxy) is 1. The third kappa shape index (κ3) is 3.27. The fourth-order valence-corrected chi connectivity index (χ4v) is 3.53. The Balaban J connectivity index is 1.49. The van der Waals surface area contributed by atoms with Crippen molar-refractivity contribution in [3.8, 4) is 5.75 Å². The molecule has 1 aromatic carbocycles. The fourth-order valence-electron chi connectivity index (χ4n) is 2.59. The highest BCUT2D eigenvalue weighted by Gasteiger charge is 2.21. The van der Waals surface area contributed by atoms with Gasteiger partial charge < -0.3 is 10.1 Å². The number of benzene rings is 1. The van der Waals surface area contributed by atoms with E-state index in [1.54, 1.807) is 11.8 Å². The number of carbonyl (C=O) groups excluding carboxylic acids is 1. The first-order valence-corrected chi connectivity index (χ1v) is 8.32. The summed E-state index contributed by atoms with van der Waals surface area (Å²) in [5.74, 6) is 2.90. The first-order valence-electron chi connectivity index (χ1n) is 7.16. The van der Waals surface area contributed by atoms with Gasteiger partial charge in [-0.1, -0.05) is 12.1 Å². The van der Waals surface area contributed by atoms with Crippen molar-refractivity contribution in [2.24, 2.45) is 0 Å². The van der Waals surface area contributed by atoms with E-state index < -0.39 is 0 Å². The lowest BCUT2D eigenvalue weighted by molar-refractivity contribution is -0.122. The molecule has 0 spiro atoms. The minimum absolute atomic E-state index is 0.0167. The van der Waals surface area contributed by atoms with E-state index in [0.717, 1.165) is 43.2 Å². The summed E-state index contributed by atoms with van der Waals surface area (Å²) in [5, 5.41) is 6.19. The molecule has 2 aliphatic rings. The van der Waals surface area contributed by atoms with Gasteiger partial charge >= 0.3 is 0 Å². The molecule has 20 heavy (non-hydrogen) atoms. The standard InChI is InChI=1S/C15H20N2O2S/c18-15(13-9-20-10-17-13)16-6-5-11-3-4-14-12(8-11)2-1-7-19-14/h3-4,8,13,17H,1-2,5-7,9-10H2,(H,16,18). The maximum absolute atomic E-state index is 11.9. The van der Waals surface area contributed by atoms with E-state index in [-0.39, 0.29) is 11.9 Å². The number of carbonyl (C=O) groups is 1. The van der Waals surface area contributed by atoms with Crippen molar-refractivity contribution in [1.29, 1.82) is 0 Å². The molecule has 5 heteroatoms. The molecule has 2 N–H and O–H groups in total. The van der Waals surface area contributed by atoms with Crippen molar-refractivity contribution < 1.29 is 9.53 Å². The van der Waals surface area contributed by atoms with Crippen molar-refractivity contribution in [3.05, 3.63) is 29.3 Å². The van der Waals surface area contributed by atoms with Crippen LogP contribution < -0.4 is 15.4 Å². The molecule has 3 rings (SSSR count). The van der Waals surface area contributed by atoms with Gasteiger partial charge in [-0.05, 0) is 36.5 Å². The number of nitrogens with one attached hydrogen (secondary N) is 2. The summed E-state index contributed by atoms with van der Waals surface area (Å²) in [6.07, 6.45) is 3.07. The summed E-state index contributed by atoms with van der Waals surface area (Å²) in [6.45, 7) is 1.52. The van der Waals surface area contributed by atoms with Crippen LogP contribution in [0.15, 0.2) is 18.2 Å². The van der Waals surface area contributed by atoms with E-state index in [9.17, 15) is 4.79 Å². The molecule has 0 saturated carbocycles. The predicted octanol–water partition coefficient (Wildman–Crippen LogP) is 1.33. The zero-order chi connectivity index (χ0) is 13.8. The smallest absolute Gasteiger partial charge is 0.238 e. The van der Waals surface area contributed by atoms with Crippen LogP contribution in [0.1, 0.15) is 17.5 Å². The van der Waals surface area contributed by atoms with Crippen LogP contribution in [0.25, 0.3) is 0 Å². The third-order valence-corrected chi connectivity index (χ3v) is 4.66. The molecule has 1 fully saturated rings. The molecule has 2 aliphatic heterocycles. The molecule has 1 unspecified atom stereocenters. The van der Waals surface area contributed by atoms with Crippen LogP contribution in [0.3, 0.4) is 0 Å². The van der Waals surface area contributed by atoms with Crippen molar-refractivity contribution >= 4 is 17.7 Å². The Morgan fingerprint density at radius 1 is 1.50 bits per heavy atom. The van der Waals surface area contributed by atoms with Crippen molar-refractivity contribution in [3.63, 3.8) is 0 Å². The number of aryl methyl sites for hydroxylation is 1. The Bertz CT molecular complexity index is 487. The first-order chi connectivity index (χ1) is 9.83. The maximum Gasteiger partial charge on any atom is 0.238 e. The lowest BCUT2D eigenvalue weighted by Gasteiger charge is -2.18. The van der Waals surface area contributed by atoms with E-state index in [1.165, 1.54) is 11.1 Å². The number of hydrogen-bond acceptors (Lipinski definition) is 4. The van der Waals surface area contributed by atoms with Gasteiger partial charge in [-0.3, -0.25) is 10.1 Å². The second kappa shape index (κ2) is 6.50. The molecular weight excluding hydrogens is 272 g/mol. The zero-order valence-electron chi connectivity index (χ0n) is 11.5. The van der Waals surface area contributed by atoms with Gasteiger partial charge in [0.25, 0.3) is 0 Å². The van der Waals surface area contributed by atoms with E-state index >= 15 is 0 Å². The van der Waals surface area contributed by atoms with Crippen LogP contribution in [0, 0.1) is 0 Å². The second-order valence-corrected chi connectivity index (χ2v) is 6.24. The second-order valence-electron chi connectivity index (χ2n) is 5.21. The minimum Gasteiger partial charge on any atom is -0.493 e. The fraction of sp³-hybridized carbons (Fsp3) is 0.533. The first kappa shape index (κ1) is 13.8. The van der Waals surface area contributed by atoms with Crippen molar-refractivity contribution in [2.75, 3.05) is 24.8 Å². The maximum atomic E-state index is 11.9. The van der Waals surface area contributed by atoms with E-state index in [4.69, 9.17) is 4.74 Å². The Morgan fingerprint density at radius 2 is 2.45 bits per heavy atom. The highest BCUT2D eigenvalue weighted by atomic mass is 32.2. The van der Waals surface area contributed by atoms with Gasteiger partial charge in [0.1, 0.15) is 5.75 Å². The van der Waals surface area contributed by atoms with E-state index in [1.807, 2.05) is 0 Å². The number of fused-ring (bicyclic) bond motifs is 1. The summed E-state index contributed by atoms with van der Waals surface area (Å²) >= 11 is 1.77. The molecule has 4 nitrogen and oxygen atoms in total. The quantitative estimate of drug-likeness (QED) is 0.879. The van der Waals surface area contributed by atoms with Crippen LogP contribution in [-0.2, 0) is 17.6 Å². The molecule has 1 aromatic rings. The highest BCUT2D eigenvalue weighted by Crippen LogP contribution is 2.25. The molecule has 1 atom stereocenters. The predicted molar refractivity (Wildman–Crippen MR) is 81.2 cm³/mol. The average molecular weight is 292 g/mol. The molecule has 0 aromatic heterocycles. The number of thioether (sulfide) groups is 1. The average Bonchev–Trinajstić information content (AvgIpc) is 3.01. The van der Waals surface area contributed by atoms with Gasteiger partial charge in [-0.2, -0.15) is 0 Å². The lowest BCUT2D eigenvalue weighted by atomic mass is 10.0. The SMILES string of the molecule is O=C(NCCc1ccc2c(c1)CCCO2)C1CSCN1. The summed E-state index contributed by atoms with van der Waals surface area (Å²) < 4.78 is 5.61. The molecule has 108 valence electrons. The Hall–Kier alpha value is -1.20. The number of amides is 1. The van der Waals surface area contributed by atoms with Gasteiger partial charge in [0.2, 0.25) is 5.91 Å². The van der Waals surface area contributed by atoms with Gasteiger partial charge in [-0.25, -0.2) is 0 Å². The van der Waals surface area contributed by atoms with Gasteiger partial charge in [0.05, 0.1) is 12.6 Å². The Morgan fingerprint density at radius 3 is 3.30 bits per heavy atom. The van der Waals surface area contributed by atoms with Crippen molar-refractivity contribution in [2.45, 2.75) is 25.3 Å². The zero-order valence-corrected chi connectivity index (χ0v) is 12.3. The van der Waals surface area contributed by atoms with Crippen LogP contribution >= 0.6 is 11.8 Å². The molecule has 0 bridgehead atoms. The highest BCUT2D eigenvalue weighted by molar-refractivity contribution is 7.99. The van der Waals surface area contributed by atoms with Crippen molar-refractivity contribution in [1.82, 2.24) is 10.6 Å². The number of hydrogen-bond donors (Lipinski definition) is 2. The summed E-state index contributed by atoms with van der Waals surface area (Å²) in [6, 6.07) is 6.35.